The van der Waals surface area contributed by atoms with Gasteiger partial charge >= 0.3 is 0 Å². The Morgan fingerprint density at radius 1 is 1.40 bits per heavy atom. The lowest BCUT2D eigenvalue weighted by atomic mass is 10.1. The fourth-order valence-electron chi connectivity index (χ4n) is 2.00. The highest BCUT2D eigenvalue weighted by Crippen LogP contribution is 2.29. The van der Waals surface area contributed by atoms with E-state index in [-0.39, 0.29) is 18.1 Å². The van der Waals surface area contributed by atoms with E-state index in [0.717, 1.165) is 6.07 Å². The van der Waals surface area contributed by atoms with Crippen LogP contribution in [0.2, 0.25) is 0 Å². The monoisotopic (exact) mass is 297 g/mol. The molecule has 106 valence electrons. The van der Waals surface area contributed by atoms with E-state index < -0.39 is 20.9 Å². The van der Waals surface area contributed by atoms with Gasteiger partial charge in [0.05, 0.1) is 19.4 Å². The molecule has 0 spiro atoms. The van der Waals surface area contributed by atoms with Crippen molar-refractivity contribution in [3.63, 3.8) is 0 Å². The van der Waals surface area contributed by atoms with Gasteiger partial charge in [0.25, 0.3) is 0 Å². The number of aromatic nitrogens is 2. The largest absolute Gasteiger partial charge is 0.384 e. The Bertz CT molecular complexity index is 753. The van der Waals surface area contributed by atoms with Crippen molar-refractivity contribution < 1.29 is 17.5 Å². The number of aromatic amines is 1. The highest BCUT2D eigenvalue weighted by Gasteiger charge is 2.35. The molecule has 0 atom stereocenters. The van der Waals surface area contributed by atoms with Crippen LogP contribution in [-0.2, 0) is 14.6 Å². The maximum Gasteiger partial charge on any atom is 0.188 e. The minimum Gasteiger partial charge on any atom is -0.384 e. The lowest BCUT2D eigenvalue weighted by molar-refractivity contribution is 0.0415. The molecular weight excluding hydrogens is 285 g/mol. The number of nitrogens with one attached hydrogen (secondary N) is 1. The lowest BCUT2D eigenvalue weighted by Gasteiger charge is -2.25. The van der Waals surface area contributed by atoms with Crippen LogP contribution in [0.25, 0.3) is 11.1 Å². The summed E-state index contributed by atoms with van der Waals surface area (Å²) >= 11 is 0. The van der Waals surface area contributed by atoms with Crippen molar-refractivity contribution in [2.75, 3.05) is 18.9 Å². The Morgan fingerprint density at radius 2 is 2.15 bits per heavy atom. The molecule has 2 aromatic rings. The predicted octanol–water partition coefficient (Wildman–Crippen LogP) is 0.970. The summed E-state index contributed by atoms with van der Waals surface area (Å²) in [7, 11) is -3.68. The van der Waals surface area contributed by atoms with Gasteiger partial charge in [0.2, 0.25) is 0 Å². The molecule has 0 aliphatic carbocycles. The predicted molar refractivity (Wildman–Crippen MR) is 70.2 cm³/mol. The van der Waals surface area contributed by atoms with Crippen LogP contribution in [0.15, 0.2) is 29.3 Å². The summed E-state index contributed by atoms with van der Waals surface area (Å²) in [6.45, 7) is 0.219. The van der Waals surface area contributed by atoms with Crippen molar-refractivity contribution in [3.05, 3.63) is 30.2 Å². The number of nitrogen functional groups attached to an aromatic ring is 1. The molecule has 3 N–H and O–H groups in total. The number of H-pyrrole nitrogens is 1. The van der Waals surface area contributed by atoms with E-state index in [0.29, 0.717) is 16.9 Å². The van der Waals surface area contributed by atoms with Gasteiger partial charge in [-0.15, -0.1) is 0 Å². The zero-order valence-electron chi connectivity index (χ0n) is 10.3. The maximum absolute atomic E-state index is 14.1. The number of hydrogen-bond acceptors (Lipinski definition) is 5. The lowest BCUT2D eigenvalue weighted by Crippen LogP contribution is -2.40. The molecule has 6 nitrogen and oxygen atoms in total. The van der Waals surface area contributed by atoms with E-state index in [1.54, 1.807) is 0 Å². The zero-order chi connectivity index (χ0) is 14.3. The van der Waals surface area contributed by atoms with E-state index >= 15 is 0 Å². The van der Waals surface area contributed by atoms with Crippen molar-refractivity contribution in [2.24, 2.45) is 0 Å². The van der Waals surface area contributed by atoms with Gasteiger partial charge < -0.3 is 10.5 Å². The number of nitrogens with two attached hydrogens (primary N) is 1. The molecule has 8 heteroatoms. The average Bonchev–Trinajstić information content (AvgIpc) is 2.71. The van der Waals surface area contributed by atoms with Crippen LogP contribution >= 0.6 is 0 Å². The third-order valence-electron chi connectivity index (χ3n) is 3.26. The average molecular weight is 297 g/mol. The third kappa shape index (κ3) is 1.97. The van der Waals surface area contributed by atoms with Gasteiger partial charge in [-0.1, -0.05) is 6.07 Å². The first kappa shape index (κ1) is 13.1. The standard InChI is InChI=1S/C12H12FN3O3S/c13-10-3-7(9-4-15-16-12(9)14)1-2-11(10)20(17,18)8-5-19-6-8/h1-4,8H,5-6H2,(H3,14,15,16). The Kier molecular flexibility index (Phi) is 2.98. The summed E-state index contributed by atoms with van der Waals surface area (Å²) in [5.41, 5.74) is 6.65. The molecule has 3 rings (SSSR count). The Labute approximate surface area is 114 Å². The number of halogens is 1. The number of rotatable bonds is 3. The minimum atomic E-state index is -3.68. The molecule has 0 amide bonds. The van der Waals surface area contributed by atoms with Gasteiger partial charge in [-0.3, -0.25) is 5.10 Å². The third-order valence-corrected chi connectivity index (χ3v) is 5.36. The summed E-state index contributed by atoms with van der Waals surface area (Å²) < 4.78 is 43.2. The number of anilines is 1. The molecule has 0 bridgehead atoms. The molecule has 1 saturated heterocycles. The summed E-state index contributed by atoms with van der Waals surface area (Å²) in [4.78, 5) is -0.309. The summed E-state index contributed by atoms with van der Waals surface area (Å²) in [5, 5.41) is 5.62. The molecule has 1 aliphatic rings. The molecule has 0 unspecified atom stereocenters. The molecule has 2 heterocycles. The van der Waals surface area contributed by atoms with Crippen molar-refractivity contribution in [3.8, 4) is 11.1 Å². The van der Waals surface area contributed by atoms with Crippen LogP contribution in [0.4, 0.5) is 10.2 Å². The molecule has 1 aliphatic heterocycles. The van der Waals surface area contributed by atoms with Crippen molar-refractivity contribution in [1.82, 2.24) is 10.2 Å². The summed E-state index contributed by atoms with van der Waals surface area (Å²) in [6.07, 6.45) is 1.46. The first-order chi connectivity index (χ1) is 9.50. The highest BCUT2D eigenvalue weighted by atomic mass is 32.2. The van der Waals surface area contributed by atoms with Gasteiger partial charge in [-0.05, 0) is 17.7 Å². The first-order valence-electron chi connectivity index (χ1n) is 5.90. The fraction of sp³-hybridized carbons (Fsp3) is 0.250. The molecule has 1 aromatic carbocycles. The molecule has 0 saturated carbocycles. The van der Waals surface area contributed by atoms with Crippen LogP contribution in [0.5, 0.6) is 0 Å². The van der Waals surface area contributed by atoms with Gasteiger partial charge in [0.15, 0.2) is 9.84 Å². The van der Waals surface area contributed by atoms with Gasteiger partial charge in [0.1, 0.15) is 21.8 Å². The second-order valence-corrected chi connectivity index (χ2v) is 6.74. The van der Waals surface area contributed by atoms with Crippen LogP contribution in [0.3, 0.4) is 0 Å². The van der Waals surface area contributed by atoms with Crippen molar-refractivity contribution in [2.45, 2.75) is 10.1 Å². The first-order valence-corrected chi connectivity index (χ1v) is 7.45. The number of nitrogens with zero attached hydrogens (tertiary/aromatic N) is 1. The second-order valence-electron chi connectivity index (χ2n) is 4.55. The van der Waals surface area contributed by atoms with E-state index in [2.05, 4.69) is 10.2 Å². The zero-order valence-corrected chi connectivity index (χ0v) is 11.2. The molecule has 1 fully saturated rings. The smallest absolute Gasteiger partial charge is 0.188 e. The van der Waals surface area contributed by atoms with E-state index in [1.807, 2.05) is 0 Å². The Hall–Kier alpha value is -1.93. The fourth-order valence-corrected chi connectivity index (χ4v) is 3.50. The van der Waals surface area contributed by atoms with Crippen molar-refractivity contribution >= 4 is 15.7 Å². The summed E-state index contributed by atoms with van der Waals surface area (Å²) in [6, 6.07) is 3.91. The topological polar surface area (TPSA) is 98.1 Å². The number of sulfone groups is 1. The SMILES string of the molecule is Nc1[nH]ncc1-c1ccc(S(=O)(=O)C2COC2)c(F)c1. The number of hydrogen-bond donors (Lipinski definition) is 2. The van der Waals surface area contributed by atoms with Gasteiger partial charge in [0, 0.05) is 5.56 Å². The molecule has 0 radical (unpaired) electrons. The summed E-state index contributed by atoms with van der Waals surface area (Å²) in [5.74, 6) is -0.498. The molecular formula is C12H12FN3O3S. The van der Waals surface area contributed by atoms with Crippen LogP contribution < -0.4 is 5.73 Å². The van der Waals surface area contributed by atoms with Gasteiger partial charge in [-0.25, -0.2) is 12.8 Å². The number of ether oxygens (including phenoxy) is 1. The Balaban J connectivity index is 2.02. The van der Waals surface area contributed by atoms with Crippen LogP contribution in [0, 0.1) is 5.82 Å². The van der Waals surface area contributed by atoms with Gasteiger partial charge in [-0.2, -0.15) is 5.10 Å². The molecule has 20 heavy (non-hydrogen) atoms. The Morgan fingerprint density at radius 3 is 2.65 bits per heavy atom. The molecule has 1 aromatic heterocycles. The maximum atomic E-state index is 14.1. The van der Waals surface area contributed by atoms with E-state index in [1.165, 1.54) is 18.3 Å². The van der Waals surface area contributed by atoms with Crippen LogP contribution in [0.1, 0.15) is 0 Å². The van der Waals surface area contributed by atoms with E-state index in [4.69, 9.17) is 10.5 Å². The van der Waals surface area contributed by atoms with E-state index in [9.17, 15) is 12.8 Å². The second kappa shape index (κ2) is 4.57. The number of benzene rings is 1. The normalized spacial score (nSPS) is 16.1. The quantitative estimate of drug-likeness (QED) is 0.879. The van der Waals surface area contributed by atoms with Crippen LogP contribution in [-0.4, -0.2) is 37.1 Å². The van der Waals surface area contributed by atoms with Crippen molar-refractivity contribution in [1.29, 1.82) is 0 Å². The highest BCUT2D eigenvalue weighted by molar-refractivity contribution is 7.92. The minimum absolute atomic E-state index is 0.109.